The molecule has 4 N–H and O–H groups in total. The Morgan fingerprint density at radius 3 is 2.80 bits per heavy atom. The molecular formula is C15H21N3O2. The Morgan fingerprint density at radius 2 is 2.20 bits per heavy atom. The molecule has 0 radical (unpaired) electrons. The summed E-state index contributed by atoms with van der Waals surface area (Å²) in [6.45, 7) is 3.97. The molecule has 0 spiro atoms. The number of amidine groups is 1. The number of nitrogens with one attached hydrogen (secondary N) is 1. The minimum Gasteiger partial charge on any atom is -0.409 e. The van der Waals surface area contributed by atoms with Crippen LogP contribution < -0.4 is 11.1 Å². The average Bonchev–Trinajstić information content (AvgIpc) is 2.84. The fraction of sp³-hybridized carbons (Fsp3) is 0.467. The van der Waals surface area contributed by atoms with Crippen LogP contribution in [0, 0.1) is 18.8 Å². The summed E-state index contributed by atoms with van der Waals surface area (Å²) >= 11 is 0. The smallest absolute Gasteiger partial charge is 0.227 e. The normalized spacial score (nSPS) is 22.8. The fourth-order valence-corrected chi connectivity index (χ4v) is 2.92. The van der Waals surface area contributed by atoms with E-state index in [4.69, 9.17) is 10.9 Å². The van der Waals surface area contributed by atoms with Crippen LogP contribution in [0.5, 0.6) is 0 Å². The standard InChI is InChI=1S/C15H21N3O2/c1-9-5-3-7-11(9)15(19)17-12-8-4-6-10(2)13(12)14(16)18-20/h4,6,8-9,11,20H,3,5,7H2,1-2H3,(H2,16,18)(H,17,19). The van der Waals surface area contributed by atoms with Crippen LogP contribution in [0.15, 0.2) is 23.4 Å². The molecule has 2 atom stereocenters. The second-order valence-corrected chi connectivity index (χ2v) is 5.49. The lowest BCUT2D eigenvalue weighted by molar-refractivity contribution is -0.120. The second kappa shape index (κ2) is 5.94. The van der Waals surface area contributed by atoms with E-state index in [-0.39, 0.29) is 17.7 Å². The predicted octanol–water partition coefficient (Wildman–Crippen LogP) is 2.46. The molecule has 1 fully saturated rings. The lowest BCUT2D eigenvalue weighted by Gasteiger charge is -2.17. The quantitative estimate of drug-likeness (QED) is 0.343. The van der Waals surface area contributed by atoms with Crippen molar-refractivity contribution in [3.8, 4) is 0 Å². The third-order valence-corrected chi connectivity index (χ3v) is 4.09. The van der Waals surface area contributed by atoms with E-state index in [0.717, 1.165) is 24.8 Å². The van der Waals surface area contributed by atoms with Crippen LogP contribution in [-0.4, -0.2) is 17.0 Å². The molecule has 1 aliphatic rings. The van der Waals surface area contributed by atoms with Gasteiger partial charge in [0.25, 0.3) is 0 Å². The zero-order valence-corrected chi connectivity index (χ0v) is 11.9. The number of hydrogen-bond acceptors (Lipinski definition) is 3. The molecule has 0 bridgehead atoms. The van der Waals surface area contributed by atoms with Crippen LogP contribution in [0.2, 0.25) is 0 Å². The summed E-state index contributed by atoms with van der Waals surface area (Å²) in [6.07, 6.45) is 3.12. The fourth-order valence-electron chi connectivity index (χ4n) is 2.92. The molecule has 2 unspecified atom stereocenters. The van der Waals surface area contributed by atoms with Gasteiger partial charge >= 0.3 is 0 Å². The number of benzene rings is 1. The van der Waals surface area contributed by atoms with Crippen LogP contribution in [0.25, 0.3) is 0 Å². The maximum Gasteiger partial charge on any atom is 0.227 e. The van der Waals surface area contributed by atoms with Gasteiger partial charge in [-0.05, 0) is 37.3 Å². The van der Waals surface area contributed by atoms with Crippen molar-refractivity contribution in [1.82, 2.24) is 0 Å². The van der Waals surface area contributed by atoms with E-state index in [2.05, 4.69) is 17.4 Å². The molecule has 0 heterocycles. The van der Waals surface area contributed by atoms with E-state index >= 15 is 0 Å². The molecule has 1 aromatic rings. The number of nitrogens with zero attached hydrogens (tertiary/aromatic N) is 1. The van der Waals surface area contributed by atoms with E-state index in [1.165, 1.54) is 0 Å². The van der Waals surface area contributed by atoms with Gasteiger partial charge < -0.3 is 16.3 Å². The van der Waals surface area contributed by atoms with Crippen molar-refractivity contribution < 1.29 is 10.0 Å². The van der Waals surface area contributed by atoms with Gasteiger partial charge in [0.1, 0.15) is 0 Å². The molecule has 20 heavy (non-hydrogen) atoms. The Labute approximate surface area is 118 Å². The maximum absolute atomic E-state index is 12.3. The zero-order chi connectivity index (χ0) is 14.7. The number of anilines is 1. The van der Waals surface area contributed by atoms with Gasteiger partial charge in [0.15, 0.2) is 5.84 Å². The van der Waals surface area contributed by atoms with Crippen molar-refractivity contribution in [2.75, 3.05) is 5.32 Å². The Balaban J connectivity index is 2.25. The van der Waals surface area contributed by atoms with Gasteiger partial charge in [0.2, 0.25) is 5.91 Å². The molecule has 1 saturated carbocycles. The lowest BCUT2D eigenvalue weighted by Crippen LogP contribution is -2.26. The first kappa shape index (κ1) is 14.4. The largest absolute Gasteiger partial charge is 0.409 e. The molecule has 0 aliphatic heterocycles. The third kappa shape index (κ3) is 2.76. The highest BCUT2D eigenvalue weighted by Gasteiger charge is 2.30. The Bertz CT molecular complexity index is 540. The number of carbonyl (C=O) groups is 1. The summed E-state index contributed by atoms with van der Waals surface area (Å²) in [5.74, 6) is 0.494. The van der Waals surface area contributed by atoms with Gasteiger partial charge in [0, 0.05) is 11.5 Å². The molecular weight excluding hydrogens is 254 g/mol. The summed E-state index contributed by atoms with van der Waals surface area (Å²) in [5.41, 5.74) is 7.74. The first-order valence-electron chi connectivity index (χ1n) is 6.93. The SMILES string of the molecule is Cc1cccc(NC(=O)C2CCCC2C)c1/C(N)=N/O. The van der Waals surface area contributed by atoms with E-state index in [0.29, 0.717) is 17.2 Å². The molecule has 5 heteroatoms. The second-order valence-electron chi connectivity index (χ2n) is 5.49. The van der Waals surface area contributed by atoms with Gasteiger partial charge in [-0.25, -0.2) is 0 Å². The monoisotopic (exact) mass is 275 g/mol. The first-order valence-corrected chi connectivity index (χ1v) is 6.93. The van der Waals surface area contributed by atoms with Crippen molar-refractivity contribution >= 4 is 17.4 Å². The average molecular weight is 275 g/mol. The highest BCUT2D eigenvalue weighted by molar-refractivity contribution is 6.06. The van der Waals surface area contributed by atoms with Crippen molar-refractivity contribution in [1.29, 1.82) is 0 Å². The van der Waals surface area contributed by atoms with Gasteiger partial charge in [-0.2, -0.15) is 0 Å². The Kier molecular flexibility index (Phi) is 4.27. The van der Waals surface area contributed by atoms with Crippen LogP contribution in [0.4, 0.5) is 5.69 Å². The zero-order valence-electron chi connectivity index (χ0n) is 11.9. The van der Waals surface area contributed by atoms with E-state index < -0.39 is 0 Å². The summed E-state index contributed by atoms with van der Waals surface area (Å²) in [7, 11) is 0. The highest BCUT2D eigenvalue weighted by Crippen LogP contribution is 2.32. The third-order valence-electron chi connectivity index (χ3n) is 4.09. The number of oxime groups is 1. The number of amides is 1. The number of aryl methyl sites for hydroxylation is 1. The van der Waals surface area contributed by atoms with Gasteiger partial charge in [-0.3, -0.25) is 4.79 Å². The number of nitrogens with two attached hydrogens (primary N) is 1. The number of rotatable bonds is 3. The van der Waals surface area contributed by atoms with E-state index in [1.54, 1.807) is 6.07 Å². The van der Waals surface area contributed by atoms with Gasteiger partial charge in [-0.1, -0.05) is 30.6 Å². The first-order chi connectivity index (χ1) is 9.54. The molecule has 0 aromatic heterocycles. The molecule has 108 valence electrons. The molecule has 1 aliphatic carbocycles. The van der Waals surface area contributed by atoms with Gasteiger partial charge in [0.05, 0.1) is 5.69 Å². The molecule has 0 saturated heterocycles. The summed E-state index contributed by atoms with van der Waals surface area (Å²) in [6, 6.07) is 5.48. The number of hydrogen-bond donors (Lipinski definition) is 3. The van der Waals surface area contributed by atoms with Crippen LogP contribution in [0.1, 0.15) is 37.3 Å². The predicted molar refractivity (Wildman–Crippen MR) is 78.8 cm³/mol. The minimum atomic E-state index is 0.0119. The van der Waals surface area contributed by atoms with Crippen molar-refractivity contribution in [2.24, 2.45) is 22.7 Å². The van der Waals surface area contributed by atoms with E-state index in [9.17, 15) is 4.79 Å². The highest BCUT2D eigenvalue weighted by atomic mass is 16.4. The molecule has 2 rings (SSSR count). The lowest BCUT2D eigenvalue weighted by atomic mass is 9.96. The van der Waals surface area contributed by atoms with Crippen LogP contribution in [-0.2, 0) is 4.79 Å². The summed E-state index contributed by atoms with van der Waals surface area (Å²) in [4.78, 5) is 12.3. The molecule has 1 amide bonds. The number of carbonyl (C=O) groups excluding carboxylic acids is 1. The Hall–Kier alpha value is -2.04. The van der Waals surface area contributed by atoms with Gasteiger partial charge in [-0.15, -0.1) is 0 Å². The topological polar surface area (TPSA) is 87.7 Å². The van der Waals surface area contributed by atoms with Crippen molar-refractivity contribution in [3.05, 3.63) is 29.3 Å². The van der Waals surface area contributed by atoms with Crippen molar-refractivity contribution in [2.45, 2.75) is 33.1 Å². The maximum atomic E-state index is 12.3. The summed E-state index contributed by atoms with van der Waals surface area (Å²) in [5, 5.41) is 14.8. The van der Waals surface area contributed by atoms with E-state index in [1.807, 2.05) is 19.1 Å². The minimum absolute atomic E-state index is 0.0119. The molecule has 5 nitrogen and oxygen atoms in total. The van der Waals surface area contributed by atoms with Crippen LogP contribution >= 0.6 is 0 Å². The Morgan fingerprint density at radius 1 is 1.45 bits per heavy atom. The summed E-state index contributed by atoms with van der Waals surface area (Å²) < 4.78 is 0. The molecule has 1 aromatic carbocycles. The van der Waals surface area contributed by atoms with Crippen molar-refractivity contribution in [3.63, 3.8) is 0 Å². The van der Waals surface area contributed by atoms with Crippen LogP contribution in [0.3, 0.4) is 0 Å².